The maximum absolute atomic E-state index is 12.4. The zero-order valence-corrected chi connectivity index (χ0v) is 10.8. The van der Waals surface area contributed by atoms with Crippen LogP contribution in [0.25, 0.3) is 0 Å². The summed E-state index contributed by atoms with van der Waals surface area (Å²) in [7, 11) is 1.10. The second-order valence-corrected chi connectivity index (χ2v) is 3.45. The van der Waals surface area contributed by atoms with Gasteiger partial charge in [0.2, 0.25) is 0 Å². The van der Waals surface area contributed by atoms with Gasteiger partial charge in [-0.05, 0) is 6.92 Å². The summed E-state index contributed by atoms with van der Waals surface area (Å²) < 4.78 is 50.5. The molecule has 1 heterocycles. The van der Waals surface area contributed by atoms with Gasteiger partial charge in [0.05, 0.1) is 13.7 Å². The van der Waals surface area contributed by atoms with Gasteiger partial charge < -0.3 is 19.9 Å². The molecule has 0 aliphatic rings. The van der Waals surface area contributed by atoms with Crippen molar-refractivity contribution in [3.63, 3.8) is 0 Å². The van der Waals surface area contributed by atoms with Crippen LogP contribution >= 0.6 is 0 Å². The second kappa shape index (κ2) is 6.42. The second-order valence-electron chi connectivity index (χ2n) is 3.45. The van der Waals surface area contributed by atoms with E-state index in [0.29, 0.717) is 0 Å². The average molecular weight is 294 g/mol. The largest absolute Gasteiger partial charge is 0.573 e. The summed E-state index contributed by atoms with van der Waals surface area (Å²) in [4.78, 5) is 15.3. The molecule has 0 radical (unpaired) electrons. The van der Waals surface area contributed by atoms with Gasteiger partial charge in [-0.25, -0.2) is 4.79 Å². The molecule has 0 aliphatic carbocycles. The fourth-order valence-corrected chi connectivity index (χ4v) is 1.44. The normalized spacial score (nSPS) is 11.1. The molecule has 0 atom stereocenters. The van der Waals surface area contributed by atoms with Gasteiger partial charge in [0.1, 0.15) is 11.3 Å². The molecule has 6 nitrogen and oxygen atoms in total. The Labute approximate surface area is 112 Å². The van der Waals surface area contributed by atoms with E-state index in [0.717, 1.165) is 13.3 Å². The molecule has 1 aromatic heterocycles. The Morgan fingerprint density at radius 1 is 1.40 bits per heavy atom. The van der Waals surface area contributed by atoms with E-state index in [1.54, 1.807) is 6.92 Å². The molecule has 0 amide bonds. The number of alkyl halides is 3. The Morgan fingerprint density at radius 3 is 2.50 bits per heavy atom. The summed E-state index contributed by atoms with van der Waals surface area (Å²) in [5.74, 6) is -2.03. The molecule has 0 fully saturated rings. The lowest BCUT2D eigenvalue weighted by Crippen LogP contribution is -2.21. The van der Waals surface area contributed by atoms with Crippen LogP contribution in [0.3, 0.4) is 0 Å². The highest BCUT2D eigenvalue weighted by atomic mass is 19.4. The predicted octanol–water partition coefficient (Wildman–Crippen LogP) is 1.62. The number of carbonyl (C=O) groups is 1. The van der Waals surface area contributed by atoms with E-state index in [4.69, 9.17) is 15.2 Å². The number of rotatable bonds is 5. The van der Waals surface area contributed by atoms with Crippen molar-refractivity contribution in [2.24, 2.45) is 5.73 Å². The summed E-state index contributed by atoms with van der Waals surface area (Å²) in [6.07, 6.45) is -3.94. The van der Waals surface area contributed by atoms with Gasteiger partial charge in [0, 0.05) is 12.7 Å². The standard InChI is InChI=1S/C11H13F3N2O4/c1-3-19-10(17)6-5-16-7(4-15)9(8(6)18-2)20-11(12,13)14/h5H,3-4,15H2,1-2H3. The van der Waals surface area contributed by atoms with Gasteiger partial charge in [-0.2, -0.15) is 0 Å². The molecule has 2 N–H and O–H groups in total. The lowest BCUT2D eigenvalue weighted by molar-refractivity contribution is -0.275. The minimum atomic E-state index is -4.97. The number of hydrogen-bond acceptors (Lipinski definition) is 6. The summed E-state index contributed by atoms with van der Waals surface area (Å²) in [5, 5.41) is 0. The van der Waals surface area contributed by atoms with E-state index in [9.17, 15) is 18.0 Å². The van der Waals surface area contributed by atoms with Gasteiger partial charge in [-0.3, -0.25) is 4.98 Å². The molecule has 9 heteroatoms. The molecular formula is C11H13F3N2O4. The van der Waals surface area contributed by atoms with Gasteiger partial charge >= 0.3 is 12.3 Å². The Hall–Kier alpha value is -2.03. The highest BCUT2D eigenvalue weighted by molar-refractivity contribution is 5.93. The molecule has 0 spiro atoms. The number of halogens is 3. The third-order valence-electron chi connectivity index (χ3n) is 2.17. The first-order valence-corrected chi connectivity index (χ1v) is 5.52. The third kappa shape index (κ3) is 3.73. The lowest BCUT2D eigenvalue weighted by atomic mass is 10.2. The fourth-order valence-electron chi connectivity index (χ4n) is 1.44. The Bertz CT molecular complexity index is 491. The van der Waals surface area contributed by atoms with Gasteiger partial charge in [0.25, 0.3) is 0 Å². The van der Waals surface area contributed by atoms with E-state index >= 15 is 0 Å². The van der Waals surface area contributed by atoms with Crippen molar-refractivity contribution in [2.75, 3.05) is 13.7 Å². The molecule has 0 saturated heterocycles. The minimum absolute atomic E-state index is 0.0517. The quantitative estimate of drug-likeness (QED) is 0.831. The van der Waals surface area contributed by atoms with E-state index in [-0.39, 0.29) is 24.4 Å². The van der Waals surface area contributed by atoms with Crippen LogP contribution in [0.2, 0.25) is 0 Å². The molecule has 0 saturated carbocycles. The van der Waals surface area contributed by atoms with Crippen molar-refractivity contribution in [3.8, 4) is 11.5 Å². The van der Waals surface area contributed by atoms with Crippen LogP contribution in [0.4, 0.5) is 13.2 Å². The summed E-state index contributed by atoms with van der Waals surface area (Å²) in [5.41, 5.74) is 4.84. The Kier molecular flexibility index (Phi) is 5.14. The van der Waals surface area contributed by atoms with Crippen LogP contribution in [-0.2, 0) is 11.3 Å². The number of ether oxygens (including phenoxy) is 3. The molecule has 1 rings (SSSR count). The van der Waals surface area contributed by atoms with E-state index in [1.807, 2.05) is 0 Å². The number of pyridine rings is 1. The zero-order chi connectivity index (χ0) is 15.3. The topological polar surface area (TPSA) is 83.7 Å². The smallest absolute Gasteiger partial charge is 0.492 e. The fraction of sp³-hybridized carbons (Fsp3) is 0.455. The molecule has 20 heavy (non-hydrogen) atoms. The molecule has 0 unspecified atom stereocenters. The first-order valence-electron chi connectivity index (χ1n) is 5.52. The Morgan fingerprint density at radius 2 is 2.05 bits per heavy atom. The van der Waals surface area contributed by atoms with Crippen LogP contribution in [0.1, 0.15) is 23.0 Å². The minimum Gasteiger partial charge on any atom is -0.492 e. The Balaban J connectivity index is 3.36. The van der Waals surface area contributed by atoms with Crippen LogP contribution in [0.5, 0.6) is 11.5 Å². The SMILES string of the molecule is CCOC(=O)c1cnc(CN)c(OC(F)(F)F)c1OC. The highest BCUT2D eigenvalue weighted by Gasteiger charge is 2.35. The maximum Gasteiger partial charge on any atom is 0.573 e. The van der Waals surface area contributed by atoms with Gasteiger partial charge in [-0.1, -0.05) is 0 Å². The molecule has 1 aromatic rings. The van der Waals surface area contributed by atoms with Crippen molar-refractivity contribution in [1.82, 2.24) is 4.98 Å². The van der Waals surface area contributed by atoms with Gasteiger partial charge in [0.15, 0.2) is 11.5 Å². The number of hydrogen-bond donors (Lipinski definition) is 1. The van der Waals surface area contributed by atoms with Crippen molar-refractivity contribution >= 4 is 5.97 Å². The maximum atomic E-state index is 12.4. The number of aromatic nitrogens is 1. The first kappa shape index (κ1) is 16.0. The number of nitrogens with zero attached hydrogens (tertiary/aromatic N) is 1. The highest BCUT2D eigenvalue weighted by Crippen LogP contribution is 2.37. The number of methoxy groups -OCH3 is 1. The first-order chi connectivity index (χ1) is 9.34. The zero-order valence-electron chi connectivity index (χ0n) is 10.8. The van der Waals surface area contributed by atoms with Crippen molar-refractivity contribution < 1.29 is 32.2 Å². The van der Waals surface area contributed by atoms with Crippen LogP contribution in [0, 0.1) is 0 Å². The average Bonchev–Trinajstić information content (AvgIpc) is 2.36. The van der Waals surface area contributed by atoms with Crippen LogP contribution < -0.4 is 15.2 Å². The van der Waals surface area contributed by atoms with Crippen molar-refractivity contribution in [3.05, 3.63) is 17.5 Å². The number of esters is 1. The van der Waals surface area contributed by atoms with Gasteiger partial charge in [-0.15, -0.1) is 13.2 Å². The third-order valence-corrected chi connectivity index (χ3v) is 2.17. The molecule has 0 bridgehead atoms. The molecule has 0 aromatic carbocycles. The van der Waals surface area contributed by atoms with Crippen molar-refractivity contribution in [1.29, 1.82) is 0 Å². The van der Waals surface area contributed by atoms with E-state index < -0.39 is 23.8 Å². The van der Waals surface area contributed by atoms with E-state index in [1.165, 1.54) is 0 Å². The van der Waals surface area contributed by atoms with Crippen LogP contribution in [0.15, 0.2) is 6.20 Å². The van der Waals surface area contributed by atoms with Crippen molar-refractivity contribution in [2.45, 2.75) is 19.8 Å². The molecule has 112 valence electrons. The lowest BCUT2D eigenvalue weighted by Gasteiger charge is -2.17. The summed E-state index contributed by atoms with van der Waals surface area (Å²) in [6.45, 7) is 1.29. The summed E-state index contributed by atoms with van der Waals surface area (Å²) >= 11 is 0. The monoisotopic (exact) mass is 294 g/mol. The predicted molar refractivity (Wildman–Crippen MR) is 61.3 cm³/mol. The molecular weight excluding hydrogens is 281 g/mol. The molecule has 0 aliphatic heterocycles. The van der Waals surface area contributed by atoms with E-state index in [2.05, 4.69) is 9.72 Å². The number of carbonyl (C=O) groups excluding carboxylic acids is 1. The number of nitrogens with two attached hydrogens (primary N) is 1. The van der Waals surface area contributed by atoms with Crippen LogP contribution in [-0.4, -0.2) is 31.0 Å². The summed E-state index contributed by atoms with van der Waals surface area (Å²) in [6, 6.07) is 0.